The number of nitrogens with one attached hydrogen (secondary N) is 3. The van der Waals surface area contributed by atoms with Crippen molar-refractivity contribution in [2.24, 2.45) is 0 Å². The van der Waals surface area contributed by atoms with Crippen molar-refractivity contribution in [3.63, 3.8) is 0 Å². The van der Waals surface area contributed by atoms with E-state index in [4.69, 9.17) is 0 Å². The van der Waals surface area contributed by atoms with E-state index in [-0.39, 0.29) is 5.54 Å². The highest BCUT2D eigenvalue weighted by molar-refractivity contribution is 5.95. The number of aromatic amines is 2. The summed E-state index contributed by atoms with van der Waals surface area (Å²) >= 11 is 0. The zero-order valence-corrected chi connectivity index (χ0v) is 16.7. The Balaban J connectivity index is 0.000000300. The van der Waals surface area contributed by atoms with Gasteiger partial charge in [-0.05, 0) is 63.7 Å². The molecule has 28 heavy (non-hydrogen) atoms. The number of hydrogen-bond acceptors (Lipinski definition) is 5. The normalized spacial score (nSPS) is 11.6. The summed E-state index contributed by atoms with van der Waals surface area (Å²) in [5.74, 6) is 0.688. The third-order valence-electron chi connectivity index (χ3n) is 3.61. The number of allylic oxidation sites excluding steroid dienone is 4. The maximum Gasteiger partial charge on any atom is 0.155 e. The number of benzene rings is 1. The molecule has 2 heterocycles. The van der Waals surface area contributed by atoms with Crippen molar-refractivity contribution < 1.29 is 4.79 Å². The second kappa shape index (κ2) is 9.45. The molecule has 0 saturated carbocycles. The van der Waals surface area contributed by atoms with Crippen molar-refractivity contribution in [2.75, 3.05) is 0 Å². The minimum absolute atomic E-state index is 0.215. The number of rotatable bonds is 5. The Labute approximate surface area is 164 Å². The molecule has 0 bridgehead atoms. The highest BCUT2D eigenvalue weighted by atomic mass is 16.1. The van der Waals surface area contributed by atoms with E-state index in [1.807, 2.05) is 37.4 Å². The van der Waals surface area contributed by atoms with Gasteiger partial charge in [0.15, 0.2) is 5.82 Å². The van der Waals surface area contributed by atoms with Crippen LogP contribution >= 0.6 is 0 Å². The van der Waals surface area contributed by atoms with Gasteiger partial charge in [0.2, 0.25) is 0 Å². The predicted octanol–water partition coefficient (Wildman–Crippen LogP) is 4.02. The lowest BCUT2D eigenvalue weighted by molar-refractivity contribution is -0.104. The lowest BCUT2D eigenvalue weighted by Crippen LogP contribution is -2.30. The number of H-pyrrole nitrogens is 2. The highest BCUT2D eigenvalue weighted by Crippen LogP contribution is 2.26. The summed E-state index contributed by atoms with van der Waals surface area (Å²) in [6.45, 7) is 12.3. The van der Waals surface area contributed by atoms with Gasteiger partial charge >= 0.3 is 0 Å². The van der Waals surface area contributed by atoms with Gasteiger partial charge in [0, 0.05) is 16.5 Å². The summed E-state index contributed by atoms with van der Waals surface area (Å²) in [6.07, 6.45) is 9.14. The molecule has 3 N–H and O–H groups in total. The maximum atomic E-state index is 10.4. The predicted molar refractivity (Wildman–Crippen MR) is 113 cm³/mol. The van der Waals surface area contributed by atoms with E-state index < -0.39 is 0 Å². The minimum atomic E-state index is 0.215. The third-order valence-corrected chi connectivity index (χ3v) is 3.61. The monoisotopic (exact) mass is 378 g/mol. The van der Waals surface area contributed by atoms with Crippen LogP contribution in [0, 0.1) is 0 Å². The minimum Gasteiger partial charge on any atom is -0.387 e. The molecule has 0 amide bonds. The average molecular weight is 378 g/mol. The zero-order chi connectivity index (χ0) is 20.6. The summed E-state index contributed by atoms with van der Waals surface area (Å²) < 4.78 is 0. The molecule has 1 aromatic carbocycles. The van der Waals surface area contributed by atoms with Gasteiger partial charge in [0.05, 0.1) is 11.2 Å². The van der Waals surface area contributed by atoms with Gasteiger partial charge in [-0.2, -0.15) is 10.2 Å². The number of nitrogens with zero attached hydrogens (tertiary/aromatic N) is 3. The van der Waals surface area contributed by atoms with Crippen LogP contribution in [0.3, 0.4) is 0 Å². The molecule has 0 atom stereocenters. The fraction of sp³-hybridized carbons (Fsp3) is 0.238. The molecular formula is C21H26N6O. The van der Waals surface area contributed by atoms with Crippen LogP contribution in [0.1, 0.15) is 33.4 Å². The number of aromatic nitrogens is 5. The molecule has 0 aliphatic rings. The van der Waals surface area contributed by atoms with Gasteiger partial charge < -0.3 is 5.32 Å². The van der Waals surface area contributed by atoms with E-state index >= 15 is 0 Å². The number of carbonyl (C=O) groups is 1. The van der Waals surface area contributed by atoms with Crippen molar-refractivity contribution in [2.45, 2.75) is 33.2 Å². The molecule has 3 rings (SSSR count). The van der Waals surface area contributed by atoms with Crippen LogP contribution in [0.5, 0.6) is 0 Å². The molecule has 0 spiro atoms. The molecule has 0 aliphatic heterocycles. The average Bonchev–Trinajstić information content (AvgIpc) is 3.33. The lowest BCUT2D eigenvalue weighted by atomic mass is 10.1. The first kappa shape index (κ1) is 20.8. The van der Waals surface area contributed by atoms with Gasteiger partial charge in [-0.15, -0.1) is 0 Å². The molecule has 0 aliphatic carbocycles. The van der Waals surface area contributed by atoms with Crippen LogP contribution in [0.25, 0.3) is 27.9 Å². The Hall–Kier alpha value is -3.48. The summed E-state index contributed by atoms with van der Waals surface area (Å²) in [7, 11) is 0. The zero-order valence-electron chi connectivity index (χ0n) is 16.7. The topological polar surface area (TPSA) is 99.3 Å². The Morgan fingerprint density at radius 3 is 2.61 bits per heavy atom. The lowest BCUT2D eigenvalue weighted by Gasteiger charge is -2.17. The fourth-order valence-electron chi connectivity index (χ4n) is 2.32. The summed E-state index contributed by atoms with van der Waals surface area (Å²) in [4.78, 5) is 14.5. The van der Waals surface area contributed by atoms with Crippen molar-refractivity contribution in [3.8, 4) is 11.4 Å². The van der Waals surface area contributed by atoms with Crippen molar-refractivity contribution in [1.82, 2.24) is 30.7 Å². The van der Waals surface area contributed by atoms with Gasteiger partial charge in [-0.25, -0.2) is 4.98 Å². The number of hydrogen-bond donors (Lipinski definition) is 3. The van der Waals surface area contributed by atoms with E-state index in [0.717, 1.165) is 16.5 Å². The van der Waals surface area contributed by atoms with Crippen LogP contribution in [0.15, 0.2) is 55.5 Å². The molecular weight excluding hydrogens is 352 g/mol. The molecule has 0 fully saturated rings. The molecule has 0 radical (unpaired) electrons. The van der Waals surface area contributed by atoms with Crippen molar-refractivity contribution >= 4 is 22.8 Å². The first-order valence-electron chi connectivity index (χ1n) is 8.89. The first-order valence-corrected chi connectivity index (χ1v) is 8.89. The van der Waals surface area contributed by atoms with E-state index in [1.54, 1.807) is 6.08 Å². The first-order chi connectivity index (χ1) is 13.4. The Kier molecular flexibility index (Phi) is 7.03. The second-order valence-corrected chi connectivity index (χ2v) is 7.08. The maximum absolute atomic E-state index is 10.4. The molecule has 2 aromatic heterocycles. The molecule has 7 heteroatoms. The van der Waals surface area contributed by atoms with Crippen LogP contribution in [-0.4, -0.2) is 37.2 Å². The largest absolute Gasteiger partial charge is 0.387 e. The Morgan fingerprint density at radius 1 is 1.25 bits per heavy atom. The van der Waals surface area contributed by atoms with Gasteiger partial charge in [-0.1, -0.05) is 18.7 Å². The summed E-state index contributed by atoms with van der Waals surface area (Å²) in [5.41, 5.74) is 3.39. The van der Waals surface area contributed by atoms with Gasteiger partial charge in [0.1, 0.15) is 12.6 Å². The van der Waals surface area contributed by atoms with E-state index in [2.05, 4.69) is 58.0 Å². The molecule has 7 nitrogen and oxygen atoms in total. The Bertz CT molecular complexity index is 974. The van der Waals surface area contributed by atoms with E-state index in [9.17, 15) is 4.79 Å². The fourth-order valence-corrected chi connectivity index (χ4v) is 2.32. The molecule has 146 valence electrons. The van der Waals surface area contributed by atoms with Gasteiger partial charge in [-0.3, -0.25) is 15.0 Å². The van der Waals surface area contributed by atoms with Crippen molar-refractivity contribution in [1.29, 1.82) is 0 Å². The Morgan fingerprint density at radius 2 is 2.04 bits per heavy atom. The number of carbonyl (C=O) groups excluding carboxylic acids is 1. The highest BCUT2D eigenvalue weighted by Gasteiger charge is 2.10. The smallest absolute Gasteiger partial charge is 0.155 e. The molecule has 3 aromatic rings. The quantitative estimate of drug-likeness (QED) is 0.354. The number of fused-ring (bicyclic) bond motifs is 1. The molecule has 0 saturated heterocycles. The summed E-state index contributed by atoms with van der Waals surface area (Å²) in [5, 5.41) is 17.9. The number of aldehydes is 1. The van der Waals surface area contributed by atoms with Crippen LogP contribution in [0.2, 0.25) is 0 Å². The van der Waals surface area contributed by atoms with E-state index in [0.29, 0.717) is 23.4 Å². The van der Waals surface area contributed by atoms with E-state index in [1.165, 1.54) is 12.4 Å². The van der Waals surface area contributed by atoms with Crippen LogP contribution in [0.4, 0.5) is 0 Å². The van der Waals surface area contributed by atoms with Crippen molar-refractivity contribution in [3.05, 3.63) is 61.2 Å². The van der Waals surface area contributed by atoms with Gasteiger partial charge in [0.25, 0.3) is 0 Å². The third kappa shape index (κ3) is 5.77. The summed E-state index contributed by atoms with van der Waals surface area (Å²) in [6, 6.07) is 5.80. The molecule has 0 unspecified atom stereocenters. The van der Waals surface area contributed by atoms with Crippen LogP contribution in [-0.2, 0) is 4.79 Å². The standard InChI is InChI=1S/C14H11N5O.C7H15N/c1-9(3-2-6-20)13-11-7-10(14-15-8-16-19-14)4-5-12(11)17-18-13;1-5-6-8-7(2,3)4/h2-8H,1H2,(H,17,18)(H,15,16,19);5-6,8H,1-4H3/b3-2+;6-5-. The van der Waals surface area contributed by atoms with Crippen LogP contribution < -0.4 is 5.32 Å². The second-order valence-electron chi connectivity index (χ2n) is 7.08. The SMILES string of the molecule is C/C=C\NC(C)(C)C.C=C(/C=C/C=O)c1n[nH]c2ccc(-c3ncn[nH]3)cc12.